The summed E-state index contributed by atoms with van der Waals surface area (Å²) in [5.74, 6) is 0. The number of likely N-dealkylation sites (N-methyl/N-ethyl adjacent to an activating group) is 1. The molecule has 1 aromatic heterocycles. The number of hydrogen-bond donors (Lipinski definition) is 2. The highest BCUT2D eigenvalue weighted by Gasteiger charge is 2.15. The van der Waals surface area contributed by atoms with Gasteiger partial charge < -0.3 is 10.6 Å². The van der Waals surface area contributed by atoms with E-state index in [-0.39, 0.29) is 5.54 Å². The lowest BCUT2D eigenvalue weighted by molar-refractivity contribution is 0.379. The fourth-order valence-corrected chi connectivity index (χ4v) is 3.26. The van der Waals surface area contributed by atoms with E-state index in [1.54, 1.807) is 0 Å². The Bertz CT molecular complexity index is 502. The molecule has 0 aliphatic rings. The highest BCUT2D eigenvalue weighted by Crippen LogP contribution is 2.25. The predicted molar refractivity (Wildman–Crippen MR) is 81.5 cm³/mol. The molecule has 0 saturated carbocycles. The van der Waals surface area contributed by atoms with Crippen LogP contribution in [-0.4, -0.2) is 25.7 Å². The number of thiophene rings is 1. The summed E-state index contributed by atoms with van der Waals surface area (Å²) in [7, 11) is 2.00. The fourth-order valence-electron chi connectivity index (χ4n) is 2.27. The van der Waals surface area contributed by atoms with Crippen LogP contribution < -0.4 is 10.6 Å². The lowest BCUT2D eigenvalue weighted by Crippen LogP contribution is -2.47. The highest BCUT2D eigenvalue weighted by atomic mass is 32.1. The molecule has 3 heteroatoms. The molecule has 0 fully saturated rings. The highest BCUT2D eigenvalue weighted by molar-refractivity contribution is 7.17. The topological polar surface area (TPSA) is 24.1 Å². The van der Waals surface area contributed by atoms with Crippen molar-refractivity contribution in [1.29, 1.82) is 0 Å². The third-order valence-corrected chi connectivity index (χ3v) is 4.19. The maximum Gasteiger partial charge on any atom is 0.0345 e. The van der Waals surface area contributed by atoms with Crippen LogP contribution >= 0.6 is 11.3 Å². The van der Waals surface area contributed by atoms with Gasteiger partial charge in [0.15, 0.2) is 0 Å². The number of benzene rings is 1. The molecule has 0 atom stereocenters. The Balaban J connectivity index is 1.94. The molecule has 0 amide bonds. The van der Waals surface area contributed by atoms with Gasteiger partial charge in [-0.3, -0.25) is 0 Å². The van der Waals surface area contributed by atoms with Gasteiger partial charge in [-0.2, -0.15) is 0 Å². The molecule has 0 spiro atoms. The van der Waals surface area contributed by atoms with Gasteiger partial charge in [0.05, 0.1) is 0 Å². The van der Waals surface area contributed by atoms with E-state index in [1.165, 1.54) is 15.6 Å². The van der Waals surface area contributed by atoms with Crippen molar-refractivity contribution in [2.75, 3.05) is 20.1 Å². The van der Waals surface area contributed by atoms with Crippen LogP contribution in [0.25, 0.3) is 10.1 Å². The largest absolute Gasteiger partial charge is 0.318 e. The summed E-state index contributed by atoms with van der Waals surface area (Å²) < 4.78 is 1.39. The average Bonchev–Trinajstić information content (AvgIpc) is 2.73. The lowest BCUT2D eigenvalue weighted by Gasteiger charge is -2.26. The Morgan fingerprint density at radius 1 is 1.22 bits per heavy atom. The zero-order chi connectivity index (χ0) is 13.0. The van der Waals surface area contributed by atoms with Crippen LogP contribution in [0.5, 0.6) is 0 Å². The summed E-state index contributed by atoms with van der Waals surface area (Å²) in [6, 6.07) is 8.65. The van der Waals surface area contributed by atoms with E-state index >= 15 is 0 Å². The Morgan fingerprint density at radius 2 is 2.00 bits per heavy atom. The van der Waals surface area contributed by atoms with Crippen LogP contribution in [0.1, 0.15) is 19.4 Å². The van der Waals surface area contributed by atoms with E-state index in [0.717, 1.165) is 19.5 Å². The van der Waals surface area contributed by atoms with Crippen molar-refractivity contribution in [2.24, 2.45) is 0 Å². The van der Waals surface area contributed by atoms with Crippen LogP contribution in [0.2, 0.25) is 0 Å². The van der Waals surface area contributed by atoms with Crippen molar-refractivity contribution in [1.82, 2.24) is 10.6 Å². The molecule has 0 unspecified atom stereocenters. The van der Waals surface area contributed by atoms with Crippen molar-refractivity contribution in [2.45, 2.75) is 25.8 Å². The molecule has 2 nitrogen and oxygen atoms in total. The van der Waals surface area contributed by atoms with Crippen molar-refractivity contribution < 1.29 is 0 Å². The molecule has 0 aliphatic carbocycles. The molecule has 1 heterocycles. The van der Waals surface area contributed by atoms with E-state index in [0.29, 0.717) is 0 Å². The molecular formula is C15H22N2S. The third kappa shape index (κ3) is 3.31. The molecule has 98 valence electrons. The second-order valence-corrected chi connectivity index (χ2v) is 6.26. The molecule has 0 saturated heterocycles. The molecule has 18 heavy (non-hydrogen) atoms. The van der Waals surface area contributed by atoms with Gasteiger partial charge in [-0.05, 0) is 56.3 Å². The molecule has 0 radical (unpaired) electrons. The summed E-state index contributed by atoms with van der Waals surface area (Å²) in [6.07, 6.45) is 1.09. The smallest absolute Gasteiger partial charge is 0.0345 e. The van der Waals surface area contributed by atoms with Gasteiger partial charge in [0.2, 0.25) is 0 Å². The summed E-state index contributed by atoms with van der Waals surface area (Å²) in [5, 5.41) is 10.5. The minimum Gasteiger partial charge on any atom is -0.318 e. The molecule has 2 N–H and O–H groups in total. The van der Waals surface area contributed by atoms with Gasteiger partial charge in [-0.15, -0.1) is 11.3 Å². The van der Waals surface area contributed by atoms with E-state index < -0.39 is 0 Å². The van der Waals surface area contributed by atoms with Crippen LogP contribution in [0.15, 0.2) is 29.6 Å². The Labute approximate surface area is 113 Å². The van der Waals surface area contributed by atoms with E-state index in [9.17, 15) is 0 Å². The van der Waals surface area contributed by atoms with E-state index in [1.807, 2.05) is 18.4 Å². The van der Waals surface area contributed by atoms with Gasteiger partial charge in [0.1, 0.15) is 0 Å². The van der Waals surface area contributed by atoms with Crippen molar-refractivity contribution in [3.63, 3.8) is 0 Å². The number of nitrogens with one attached hydrogen (secondary N) is 2. The first-order valence-electron chi connectivity index (χ1n) is 6.47. The monoisotopic (exact) mass is 262 g/mol. The molecule has 2 aromatic rings. The van der Waals surface area contributed by atoms with Crippen molar-refractivity contribution in [3.8, 4) is 0 Å². The van der Waals surface area contributed by atoms with Crippen LogP contribution in [0.4, 0.5) is 0 Å². The summed E-state index contributed by atoms with van der Waals surface area (Å²) in [6.45, 7) is 6.47. The SMILES string of the molecule is CNCC(C)(C)NCCc1csc2ccccc12. The van der Waals surface area contributed by atoms with Gasteiger partial charge in [0.25, 0.3) is 0 Å². The Hall–Kier alpha value is -0.900. The minimum atomic E-state index is 0.153. The standard InChI is InChI=1S/C15H22N2S/c1-15(2,11-16-3)17-9-8-12-10-18-14-7-5-4-6-13(12)14/h4-7,10,16-17H,8-9,11H2,1-3H3. The predicted octanol–water partition coefficient (Wildman–Crippen LogP) is 3.03. The van der Waals surface area contributed by atoms with Crippen LogP contribution in [0, 0.1) is 0 Å². The zero-order valence-corrected chi connectivity index (χ0v) is 12.2. The quantitative estimate of drug-likeness (QED) is 0.836. The van der Waals surface area contributed by atoms with Crippen molar-refractivity contribution >= 4 is 21.4 Å². The summed E-state index contributed by atoms with van der Waals surface area (Å²) in [4.78, 5) is 0. The minimum absolute atomic E-state index is 0.153. The number of hydrogen-bond acceptors (Lipinski definition) is 3. The first-order chi connectivity index (χ1) is 8.62. The third-order valence-electron chi connectivity index (χ3n) is 3.18. The van der Waals surface area contributed by atoms with Gasteiger partial charge in [-0.25, -0.2) is 0 Å². The molecule has 0 bridgehead atoms. The maximum absolute atomic E-state index is 3.61. The number of fused-ring (bicyclic) bond motifs is 1. The lowest BCUT2D eigenvalue weighted by atomic mass is 10.0. The number of rotatable bonds is 6. The fraction of sp³-hybridized carbons (Fsp3) is 0.467. The molecular weight excluding hydrogens is 240 g/mol. The van der Waals surface area contributed by atoms with E-state index in [2.05, 4.69) is 54.1 Å². The first kappa shape index (κ1) is 13.5. The second kappa shape index (κ2) is 5.83. The van der Waals surface area contributed by atoms with E-state index in [4.69, 9.17) is 0 Å². The van der Waals surface area contributed by atoms with Gasteiger partial charge in [0, 0.05) is 16.8 Å². The van der Waals surface area contributed by atoms with Crippen LogP contribution in [0.3, 0.4) is 0 Å². The molecule has 2 rings (SSSR count). The molecule has 1 aromatic carbocycles. The normalized spacial score (nSPS) is 12.2. The summed E-state index contributed by atoms with van der Waals surface area (Å²) in [5.41, 5.74) is 1.61. The summed E-state index contributed by atoms with van der Waals surface area (Å²) >= 11 is 1.84. The van der Waals surface area contributed by atoms with Gasteiger partial charge >= 0.3 is 0 Å². The Kier molecular flexibility index (Phi) is 4.38. The second-order valence-electron chi connectivity index (χ2n) is 5.35. The first-order valence-corrected chi connectivity index (χ1v) is 7.35. The molecule has 0 aliphatic heterocycles. The maximum atomic E-state index is 3.61. The zero-order valence-electron chi connectivity index (χ0n) is 11.4. The average molecular weight is 262 g/mol. The van der Waals surface area contributed by atoms with Gasteiger partial charge in [-0.1, -0.05) is 18.2 Å². The Morgan fingerprint density at radius 3 is 2.78 bits per heavy atom. The van der Waals surface area contributed by atoms with Crippen molar-refractivity contribution in [3.05, 3.63) is 35.2 Å². The van der Waals surface area contributed by atoms with Crippen LogP contribution in [-0.2, 0) is 6.42 Å².